The van der Waals surface area contributed by atoms with E-state index < -0.39 is 49.1 Å². The quantitative estimate of drug-likeness (QED) is 0.842. The molecule has 1 aliphatic rings. The van der Waals surface area contributed by atoms with Gasteiger partial charge in [-0.05, 0) is 24.4 Å². The average molecular weight is 386 g/mol. The van der Waals surface area contributed by atoms with Gasteiger partial charge in [0.15, 0.2) is 0 Å². The fourth-order valence-corrected chi connectivity index (χ4v) is 4.18. The first kappa shape index (κ1) is 18.5. The Labute approximate surface area is 151 Å². The minimum Gasteiger partial charge on any atom is -0.481 e. The van der Waals surface area contributed by atoms with E-state index in [-0.39, 0.29) is 0 Å². The summed E-state index contributed by atoms with van der Waals surface area (Å²) >= 11 is 1.49. The van der Waals surface area contributed by atoms with Crippen LogP contribution < -0.4 is 5.32 Å². The number of thiophene rings is 1. The molecule has 1 aliphatic heterocycles. The molecule has 140 valence electrons. The third kappa shape index (κ3) is 3.62. The van der Waals surface area contributed by atoms with Crippen molar-refractivity contribution in [2.45, 2.75) is 19.1 Å². The van der Waals surface area contributed by atoms with E-state index in [1.54, 1.807) is 6.92 Å². The van der Waals surface area contributed by atoms with Crippen LogP contribution >= 0.6 is 11.3 Å². The predicted molar refractivity (Wildman–Crippen MR) is 91.0 cm³/mol. The molecule has 3 atom stereocenters. The number of carbonyl (C=O) groups excluding carboxylic acids is 1. The third-order valence-corrected chi connectivity index (χ3v) is 5.85. The zero-order chi connectivity index (χ0) is 19.1. The second-order valence-corrected chi connectivity index (χ2v) is 7.47. The number of likely N-dealkylation sites (tertiary alicyclic amines) is 1. The monoisotopic (exact) mass is 386 g/mol. The summed E-state index contributed by atoms with van der Waals surface area (Å²) in [6.07, 6.45) is -4.66. The van der Waals surface area contributed by atoms with Crippen LogP contribution in [-0.2, 0) is 4.79 Å². The first-order valence-corrected chi connectivity index (χ1v) is 8.82. The molecule has 0 saturated carbocycles. The summed E-state index contributed by atoms with van der Waals surface area (Å²) in [6, 6.07) is 8.53. The summed E-state index contributed by atoms with van der Waals surface area (Å²) in [7, 11) is 0. The summed E-state index contributed by atoms with van der Waals surface area (Å²) in [4.78, 5) is 25.3. The maximum atomic E-state index is 13.0. The van der Waals surface area contributed by atoms with E-state index in [1.807, 2.05) is 30.3 Å². The number of hydrogen-bond donors (Lipinski definition) is 2. The van der Waals surface area contributed by atoms with Crippen LogP contribution in [0.1, 0.15) is 17.8 Å². The Balaban J connectivity index is 1.70. The van der Waals surface area contributed by atoms with Crippen LogP contribution in [-0.4, -0.2) is 41.3 Å². The fraction of sp³-hybridized carbons (Fsp3) is 0.412. The van der Waals surface area contributed by atoms with Gasteiger partial charge in [0, 0.05) is 22.7 Å². The first-order valence-electron chi connectivity index (χ1n) is 8.00. The van der Waals surface area contributed by atoms with Crippen molar-refractivity contribution in [1.82, 2.24) is 10.2 Å². The molecule has 1 unspecified atom stereocenters. The number of benzene rings is 1. The van der Waals surface area contributed by atoms with Crippen molar-refractivity contribution < 1.29 is 27.9 Å². The highest BCUT2D eigenvalue weighted by atomic mass is 32.1. The van der Waals surface area contributed by atoms with Gasteiger partial charge in [-0.2, -0.15) is 13.2 Å². The van der Waals surface area contributed by atoms with Crippen molar-refractivity contribution >= 4 is 33.4 Å². The van der Waals surface area contributed by atoms with E-state index in [9.17, 15) is 22.8 Å². The molecule has 5 nitrogen and oxygen atoms in total. The van der Waals surface area contributed by atoms with Crippen LogP contribution in [0.4, 0.5) is 18.0 Å². The molecule has 1 aromatic heterocycles. The average Bonchev–Trinajstić information content (AvgIpc) is 3.18. The minimum absolute atomic E-state index is 0.395. The second kappa shape index (κ2) is 6.79. The molecule has 1 aromatic carbocycles. The zero-order valence-corrected chi connectivity index (χ0v) is 14.6. The molecule has 2 aromatic rings. The van der Waals surface area contributed by atoms with E-state index in [1.165, 1.54) is 11.3 Å². The van der Waals surface area contributed by atoms with Crippen LogP contribution in [0.3, 0.4) is 0 Å². The Morgan fingerprint density at radius 1 is 1.31 bits per heavy atom. The van der Waals surface area contributed by atoms with Crippen molar-refractivity contribution in [3.8, 4) is 0 Å². The first-order chi connectivity index (χ1) is 12.2. The lowest BCUT2D eigenvalue weighted by molar-refractivity contribution is -0.187. The summed E-state index contributed by atoms with van der Waals surface area (Å²) in [5.74, 6) is -5.23. The molecule has 1 saturated heterocycles. The molecular weight excluding hydrogens is 369 g/mol. The standard InChI is InChI=1S/C17H17F3N2O3S/c1-9(14-6-10-4-2-3-5-13(10)26-14)21-16(25)22-7-11(15(23)24)12(8-22)17(18,19)20/h2-6,9,11-12H,7-8H2,1H3,(H,21,25)(H,23,24)/t9?,11-,12-/m1/s1. The summed E-state index contributed by atoms with van der Waals surface area (Å²) < 4.78 is 40.1. The molecule has 3 rings (SSSR count). The highest BCUT2D eigenvalue weighted by Gasteiger charge is 2.53. The number of fused-ring (bicyclic) bond motifs is 1. The van der Waals surface area contributed by atoms with Gasteiger partial charge in [0.2, 0.25) is 0 Å². The number of amides is 2. The minimum atomic E-state index is -4.66. The van der Waals surface area contributed by atoms with Crippen molar-refractivity contribution in [3.63, 3.8) is 0 Å². The van der Waals surface area contributed by atoms with Gasteiger partial charge in [-0.25, -0.2) is 4.79 Å². The van der Waals surface area contributed by atoms with E-state index >= 15 is 0 Å². The maximum Gasteiger partial charge on any atom is 0.394 e. The van der Waals surface area contributed by atoms with Crippen molar-refractivity contribution in [3.05, 3.63) is 35.2 Å². The normalized spacial score (nSPS) is 21.8. The van der Waals surface area contributed by atoms with Gasteiger partial charge in [0.1, 0.15) is 0 Å². The lowest BCUT2D eigenvalue weighted by Crippen LogP contribution is -2.40. The van der Waals surface area contributed by atoms with Crippen molar-refractivity contribution in [1.29, 1.82) is 0 Å². The van der Waals surface area contributed by atoms with Crippen LogP contribution in [0.2, 0.25) is 0 Å². The number of alkyl halides is 3. The molecule has 1 fully saturated rings. The predicted octanol–water partition coefficient (Wildman–Crippen LogP) is 3.87. The number of aliphatic carboxylic acids is 1. The molecule has 0 aliphatic carbocycles. The molecule has 2 amide bonds. The number of carboxylic acids is 1. The maximum absolute atomic E-state index is 13.0. The zero-order valence-electron chi connectivity index (χ0n) is 13.8. The number of nitrogens with one attached hydrogen (secondary N) is 1. The van der Waals surface area contributed by atoms with E-state index in [2.05, 4.69) is 5.32 Å². The number of hydrogen-bond acceptors (Lipinski definition) is 3. The number of rotatable bonds is 3. The molecule has 2 heterocycles. The molecule has 0 bridgehead atoms. The Morgan fingerprint density at radius 2 is 2.00 bits per heavy atom. The van der Waals surface area contributed by atoms with Crippen LogP contribution in [0.25, 0.3) is 10.1 Å². The Morgan fingerprint density at radius 3 is 2.58 bits per heavy atom. The van der Waals surface area contributed by atoms with Gasteiger partial charge in [-0.3, -0.25) is 4.79 Å². The van der Waals surface area contributed by atoms with E-state index in [4.69, 9.17) is 5.11 Å². The lowest BCUT2D eigenvalue weighted by Gasteiger charge is -2.21. The highest BCUT2D eigenvalue weighted by Crippen LogP contribution is 2.38. The molecular formula is C17H17F3N2O3S. The lowest BCUT2D eigenvalue weighted by atomic mass is 9.96. The third-order valence-electron chi connectivity index (χ3n) is 4.56. The van der Waals surface area contributed by atoms with Gasteiger partial charge in [0.05, 0.1) is 17.9 Å². The summed E-state index contributed by atoms with van der Waals surface area (Å²) in [5.41, 5.74) is 0. The number of carbonyl (C=O) groups is 2. The summed E-state index contributed by atoms with van der Waals surface area (Å²) in [5, 5.41) is 12.7. The SMILES string of the molecule is CC(NC(=O)N1C[C@@H](C(F)(F)F)[C@H](C(=O)O)C1)c1cc2ccccc2s1. The second-order valence-electron chi connectivity index (χ2n) is 6.36. The van der Waals surface area contributed by atoms with E-state index in [0.29, 0.717) is 0 Å². The largest absolute Gasteiger partial charge is 0.481 e. The Hall–Kier alpha value is -2.29. The number of urea groups is 1. The number of halogens is 3. The smallest absolute Gasteiger partial charge is 0.394 e. The van der Waals surface area contributed by atoms with Crippen LogP contribution in [0, 0.1) is 11.8 Å². The van der Waals surface area contributed by atoms with Gasteiger partial charge in [-0.15, -0.1) is 11.3 Å². The Kier molecular flexibility index (Phi) is 4.83. The van der Waals surface area contributed by atoms with Crippen molar-refractivity contribution in [2.24, 2.45) is 11.8 Å². The molecule has 26 heavy (non-hydrogen) atoms. The molecule has 0 spiro atoms. The number of carboxylic acid groups (broad SMARTS) is 1. The molecule has 0 radical (unpaired) electrons. The van der Waals surface area contributed by atoms with E-state index in [0.717, 1.165) is 19.9 Å². The van der Waals surface area contributed by atoms with Gasteiger partial charge in [0.25, 0.3) is 0 Å². The molecule has 2 N–H and O–H groups in total. The Bertz CT molecular complexity index is 803. The topological polar surface area (TPSA) is 69.6 Å². The van der Waals surface area contributed by atoms with Crippen LogP contribution in [0.15, 0.2) is 30.3 Å². The van der Waals surface area contributed by atoms with Crippen LogP contribution in [0.5, 0.6) is 0 Å². The highest BCUT2D eigenvalue weighted by molar-refractivity contribution is 7.19. The molecule has 9 heteroatoms. The van der Waals surface area contributed by atoms with Crippen molar-refractivity contribution in [2.75, 3.05) is 13.1 Å². The van der Waals surface area contributed by atoms with Gasteiger partial charge in [-0.1, -0.05) is 18.2 Å². The number of nitrogens with zero attached hydrogens (tertiary/aromatic N) is 1. The van der Waals surface area contributed by atoms with Gasteiger partial charge >= 0.3 is 18.2 Å². The van der Waals surface area contributed by atoms with Gasteiger partial charge < -0.3 is 15.3 Å². The fourth-order valence-electron chi connectivity index (χ4n) is 3.11. The summed E-state index contributed by atoms with van der Waals surface area (Å²) in [6.45, 7) is 0.643.